The number of anilines is 1. The molecule has 1 aromatic heterocycles. The fraction of sp³-hybridized carbons (Fsp3) is 0.190. The predicted octanol–water partition coefficient (Wildman–Crippen LogP) is 3.91. The summed E-state index contributed by atoms with van der Waals surface area (Å²) in [4.78, 5) is 12.4. The lowest BCUT2D eigenvalue weighted by atomic mass is 10.2. The molecule has 3 rings (SSSR count). The van der Waals surface area contributed by atoms with Gasteiger partial charge in [-0.15, -0.1) is 0 Å². The molecule has 0 aliphatic rings. The molecule has 0 saturated carbocycles. The summed E-state index contributed by atoms with van der Waals surface area (Å²) in [5.41, 5.74) is 0.569. The van der Waals surface area contributed by atoms with Crippen molar-refractivity contribution in [2.24, 2.45) is 0 Å². The SMILES string of the molecule is CN(c1ccc(F)cc1)S(=O)(=O)c1cccc(C(=O)NCCSCc2ccco2)c1. The van der Waals surface area contributed by atoms with Gasteiger partial charge in [-0.2, -0.15) is 11.8 Å². The molecule has 0 radical (unpaired) electrons. The van der Waals surface area contributed by atoms with Crippen molar-refractivity contribution in [3.63, 3.8) is 0 Å². The van der Waals surface area contributed by atoms with E-state index < -0.39 is 15.8 Å². The predicted molar refractivity (Wildman–Crippen MR) is 116 cm³/mol. The van der Waals surface area contributed by atoms with E-state index in [9.17, 15) is 17.6 Å². The van der Waals surface area contributed by atoms with Crippen LogP contribution >= 0.6 is 11.8 Å². The zero-order valence-electron chi connectivity index (χ0n) is 16.2. The van der Waals surface area contributed by atoms with Gasteiger partial charge in [-0.3, -0.25) is 9.10 Å². The molecule has 9 heteroatoms. The Kier molecular flexibility index (Phi) is 7.17. The van der Waals surface area contributed by atoms with E-state index in [1.54, 1.807) is 24.1 Å². The van der Waals surface area contributed by atoms with Crippen molar-refractivity contribution >= 4 is 33.4 Å². The highest BCUT2D eigenvalue weighted by Crippen LogP contribution is 2.23. The second-order valence-corrected chi connectivity index (χ2v) is 9.44. The molecule has 1 heterocycles. The Hall–Kier alpha value is -2.78. The Balaban J connectivity index is 1.61. The summed E-state index contributed by atoms with van der Waals surface area (Å²) in [6.45, 7) is 0.441. The van der Waals surface area contributed by atoms with Crippen LogP contribution in [0.3, 0.4) is 0 Å². The van der Waals surface area contributed by atoms with Crippen molar-refractivity contribution < 1.29 is 22.0 Å². The quantitative estimate of drug-likeness (QED) is 0.502. The van der Waals surface area contributed by atoms with E-state index in [0.717, 1.165) is 10.1 Å². The molecule has 0 aliphatic carbocycles. The van der Waals surface area contributed by atoms with E-state index in [1.807, 2.05) is 12.1 Å². The minimum Gasteiger partial charge on any atom is -0.468 e. The maximum atomic E-state index is 13.1. The first kappa shape index (κ1) is 21.9. The van der Waals surface area contributed by atoms with Crippen LogP contribution in [0.2, 0.25) is 0 Å². The first-order valence-corrected chi connectivity index (χ1v) is 11.7. The number of carbonyl (C=O) groups excluding carboxylic acids is 1. The number of thioether (sulfide) groups is 1. The number of halogens is 1. The first-order chi connectivity index (χ1) is 14.4. The minimum absolute atomic E-state index is 0.0193. The lowest BCUT2D eigenvalue weighted by Crippen LogP contribution is -2.28. The number of benzene rings is 2. The molecule has 1 amide bonds. The fourth-order valence-electron chi connectivity index (χ4n) is 2.65. The Morgan fingerprint density at radius 3 is 2.60 bits per heavy atom. The topological polar surface area (TPSA) is 79.6 Å². The van der Waals surface area contributed by atoms with Crippen LogP contribution in [0.1, 0.15) is 16.1 Å². The Morgan fingerprint density at radius 1 is 1.13 bits per heavy atom. The molecule has 0 bridgehead atoms. The van der Waals surface area contributed by atoms with Gasteiger partial charge in [0.25, 0.3) is 15.9 Å². The van der Waals surface area contributed by atoms with Crippen LogP contribution in [-0.2, 0) is 15.8 Å². The molecule has 1 N–H and O–H groups in total. The van der Waals surface area contributed by atoms with E-state index in [4.69, 9.17) is 4.42 Å². The molecule has 3 aromatic rings. The van der Waals surface area contributed by atoms with Crippen molar-refractivity contribution in [3.05, 3.63) is 84.1 Å². The standard InChI is InChI=1S/C21H21FN2O4S2/c1-24(18-9-7-17(22)8-10-18)30(26,27)20-6-2-4-16(14-20)21(25)23-11-13-29-15-19-5-3-12-28-19/h2-10,12,14H,11,13,15H2,1H3,(H,23,25). The van der Waals surface area contributed by atoms with Crippen molar-refractivity contribution in [3.8, 4) is 0 Å². The van der Waals surface area contributed by atoms with E-state index in [2.05, 4.69) is 5.32 Å². The molecular formula is C21H21FN2O4S2. The number of hydrogen-bond donors (Lipinski definition) is 1. The number of hydrogen-bond acceptors (Lipinski definition) is 5. The van der Waals surface area contributed by atoms with Gasteiger partial charge in [0.15, 0.2) is 0 Å². The van der Waals surface area contributed by atoms with Gasteiger partial charge in [-0.25, -0.2) is 12.8 Å². The highest BCUT2D eigenvalue weighted by molar-refractivity contribution is 7.98. The molecule has 0 spiro atoms. The van der Waals surface area contributed by atoms with Crippen molar-refractivity contribution in [1.82, 2.24) is 5.32 Å². The molecule has 0 unspecified atom stereocenters. The normalized spacial score (nSPS) is 11.3. The van der Waals surface area contributed by atoms with Gasteiger partial charge in [0.05, 0.1) is 22.6 Å². The number of sulfonamides is 1. The molecule has 0 aliphatic heterocycles. The smallest absolute Gasteiger partial charge is 0.264 e. The van der Waals surface area contributed by atoms with E-state index in [0.29, 0.717) is 23.7 Å². The van der Waals surface area contributed by atoms with Crippen LogP contribution in [0.15, 0.2) is 76.2 Å². The average molecular weight is 449 g/mol. The van der Waals surface area contributed by atoms with Gasteiger partial charge < -0.3 is 9.73 Å². The summed E-state index contributed by atoms with van der Waals surface area (Å²) < 4.78 is 45.2. The highest BCUT2D eigenvalue weighted by atomic mass is 32.2. The van der Waals surface area contributed by atoms with E-state index >= 15 is 0 Å². The van der Waals surface area contributed by atoms with Crippen LogP contribution in [-0.4, -0.2) is 33.7 Å². The van der Waals surface area contributed by atoms with Crippen LogP contribution in [0, 0.1) is 5.82 Å². The summed E-state index contributed by atoms with van der Waals surface area (Å²) in [6, 6.07) is 14.7. The van der Waals surface area contributed by atoms with Crippen molar-refractivity contribution in [1.29, 1.82) is 0 Å². The number of amides is 1. The molecular weight excluding hydrogens is 427 g/mol. The molecule has 0 fully saturated rings. The summed E-state index contributed by atoms with van der Waals surface area (Å²) in [7, 11) is -2.52. The summed E-state index contributed by atoms with van der Waals surface area (Å²) in [5, 5.41) is 2.78. The summed E-state index contributed by atoms with van der Waals surface area (Å²) in [6.07, 6.45) is 1.62. The third-order valence-corrected chi connectivity index (χ3v) is 7.06. The third-order valence-electron chi connectivity index (χ3n) is 4.30. The van der Waals surface area contributed by atoms with Gasteiger partial charge in [0.2, 0.25) is 0 Å². The van der Waals surface area contributed by atoms with Gasteiger partial charge in [-0.05, 0) is 54.6 Å². The van der Waals surface area contributed by atoms with E-state index in [1.165, 1.54) is 49.5 Å². The number of carbonyl (C=O) groups is 1. The molecule has 2 aromatic carbocycles. The summed E-state index contributed by atoms with van der Waals surface area (Å²) in [5.74, 6) is 1.47. The maximum absolute atomic E-state index is 13.1. The minimum atomic E-state index is -3.90. The Morgan fingerprint density at radius 2 is 1.90 bits per heavy atom. The summed E-state index contributed by atoms with van der Waals surface area (Å²) >= 11 is 1.62. The second kappa shape index (κ2) is 9.82. The molecule has 0 saturated heterocycles. The molecule has 30 heavy (non-hydrogen) atoms. The monoisotopic (exact) mass is 448 g/mol. The Bertz CT molecular complexity index is 1080. The van der Waals surface area contributed by atoms with E-state index in [-0.39, 0.29) is 16.4 Å². The number of nitrogens with zero attached hydrogens (tertiary/aromatic N) is 1. The average Bonchev–Trinajstić information content (AvgIpc) is 3.27. The number of nitrogens with one attached hydrogen (secondary N) is 1. The van der Waals surface area contributed by atoms with Crippen molar-refractivity contribution in [2.45, 2.75) is 10.6 Å². The zero-order chi connectivity index (χ0) is 21.6. The van der Waals surface area contributed by atoms with Crippen LogP contribution < -0.4 is 9.62 Å². The van der Waals surface area contributed by atoms with Gasteiger partial charge >= 0.3 is 0 Å². The Labute approximate surface area is 179 Å². The van der Waals surface area contributed by atoms with Crippen molar-refractivity contribution in [2.75, 3.05) is 23.7 Å². The maximum Gasteiger partial charge on any atom is 0.264 e. The third kappa shape index (κ3) is 5.43. The first-order valence-electron chi connectivity index (χ1n) is 9.11. The van der Waals surface area contributed by atoms with Crippen LogP contribution in [0.5, 0.6) is 0 Å². The molecule has 0 atom stereocenters. The van der Waals surface area contributed by atoms with Gasteiger partial charge in [-0.1, -0.05) is 6.07 Å². The number of furan rings is 1. The molecule has 158 valence electrons. The van der Waals surface area contributed by atoms with Gasteiger partial charge in [0, 0.05) is 24.9 Å². The number of rotatable bonds is 9. The van der Waals surface area contributed by atoms with Crippen LogP contribution in [0.4, 0.5) is 10.1 Å². The van der Waals surface area contributed by atoms with Gasteiger partial charge in [0.1, 0.15) is 11.6 Å². The highest BCUT2D eigenvalue weighted by Gasteiger charge is 2.22. The second-order valence-electron chi connectivity index (χ2n) is 6.36. The molecule has 6 nitrogen and oxygen atoms in total. The lowest BCUT2D eigenvalue weighted by Gasteiger charge is -2.19. The largest absolute Gasteiger partial charge is 0.468 e. The lowest BCUT2D eigenvalue weighted by molar-refractivity contribution is 0.0956. The zero-order valence-corrected chi connectivity index (χ0v) is 17.9. The fourth-order valence-corrected chi connectivity index (χ4v) is 4.65. The van der Waals surface area contributed by atoms with Crippen LogP contribution in [0.25, 0.3) is 0 Å².